The number of hydrogen-bond acceptors (Lipinski definition) is 3. The summed E-state index contributed by atoms with van der Waals surface area (Å²) in [7, 11) is 0. The maximum atomic E-state index is 13.3. The summed E-state index contributed by atoms with van der Waals surface area (Å²) in [6, 6.07) is 5.53. The highest BCUT2D eigenvalue weighted by Gasteiger charge is 2.25. The molecule has 21 heavy (non-hydrogen) atoms. The third-order valence-electron chi connectivity index (χ3n) is 2.49. The van der Waals surface area contributed by atoms with Gasteiger partial charge in [-0.2, -0.15) is 5.10 Å². The average Bonchev–Trinajstić information content (AvgIpc) is 2.48. The second-order valence-electron chi connectivity index (χ2n) is 3.91. The van der Waals surface area contributed by atoms with Gasteiger partial charge in [0.15, 0.2) is 23.3 Å². The van der Waals surface area contributed by atoms with Crippen LogP contribution in [0.3, 0.4) is 0 Å². The van der Waals surface area contributed by atoms with E-state index in [9.17, 15) is 22.0 Å². The van der Waals surface area contributed by atoms with Crippen LogP contribution in [0.5, 0.6) is 5.75 Å². The summed E-state index contributed by atoms with van der Waals surface area (Å²) in [6.07, 6.45) is 1.08. The standard InChI is InChI=1S/C13H7F5N2O/c14-8-9(15)11(17)13(12(18)10(8)16)20-19-5-6-1-3-7(21)4-2-6/h1-5,20-21H/b19-5+. The molecule has 8 heteroatoms. The maximum absolute atomic E-state index is 13.3. The van der Waals surface area contributed by atoms with Gasteiger partial charge in [0.25, 0.3) is 0 Å². The molecule has 0 bridgehead atoms. The minimum atomic E-state index is -2.24. The fourth-order valence-electron chi connectivity index (χ4n) is 1.43. The molecule has 110 valence electrons. The van der Waals surface area contributed by atoms with Gasteiger partial charge in [-0.3, -0.25) is 5.43 Å². The van der Waals surface area contributed by atoms with E-state index in [0.717, 1.165) is 6.21 Å². The summed E-state index contributed by atoms with van der Waals surface area (Å²) in [5.74, 6) is -10.4. The number of phenolic OH excluding ortho intramolecular Hbond substituents is 1. The summed E-state index contributed by atoms with van der Waals surface area (Å²) in [5.41, 5.74) is 0.949. The lowest BCUT2D eigenvalue weighted by molar-refractivity contribution is 0.381. The van der Waals surface area contributed by atoms with E-state index in [4.69, 9.17) is 5.11 Å². The summed E-state index contributed by atoms with van der Waals surface area (Å²) < 4.78 is 65.2. The zero-order valence-electron chi connectivity index (χ0n) is 10.2. The first-order valence-electron chi connectivity index (χ1n) is 5.51. The molecule has 0 atom stereocenters. The third-order valence-corrected chi connectivity index (χ3v) is 2.49. The van der Waals surface area contributed by atoms with Gasteiger partial charge in [0.1, 0.15) is 11.4 Å². The Kier molecular flexibility index (Phi) is 4.06. The zero-order valence-corrected chi connectivity index (χ0v) is 10.2. The molecular weight excluding hydrogens is 295 g/mol. The number of anilines is 1. The van der Waals surface area contributed by atoms with E-state index in [1.54, 1.807) is 5.43 Å². The van der Waals surface area contributed by atoms with Crippen molar-refractivity contribution in [3.63, 3.8) is 0 Å². The molecule has 0 unspecified atom stereocenters. The van der Waals surface area contributed by atoms with Gasteiger partial charge in [-0.05, 0) is 29.8 Å². The van der Waals surface area contributed by atoms with Crippen molar-refractivity contribution in [2.75, 3.05) is 5.43 Å². The first-order valence-corrected chi connectivity index (χ1v) is 5.51. The van der Waals surface area contributed by atoms with Crippen molar-refractivity contribution in [1.82, 2.24) is 0 Å². The number of nitrogens with zero attached hydrogens (tertiary/aromatic N) is 1. The summed E-state index contributed by atoms with van der Waals surface area (Å²) in [6.45, 7) is 0. The molecule has 0 aromatic heterocycles. The summed E-state index contributed by atoms with van der Waals surface area (Å²) in [4.78, 5) is 0. The van der Waals surface area contributed by atoms with Crippen LogP contribution >= 0.6 is 0 Å². The van der Waals surface area contributed by atoms with Crippen LogP contribution < -0.4 is 5.43 Å². The van der Waals surface area contributed by atoms with Crippen molar-refractivity contribution in [2.45, 2.75) is 0 Å². The van der Waals surface area contributed by atoms with Crippen molar-refractivity contribution in [3.05, 3.63) is 58.9 Å². The van der Waals surface area contributed by atoms with Gasteiger partial charge >= 0.3 is 0 Å². The highest BCUT2D eigenvalue weighted by atomic mass is 19.2. The van der Waals surface area contributed by atoms with Crippen molar-refractivity contribution in [2.24, 2.45) is 5.10 Å². The van der Waals surface area contributed by atoms with Crippen molar-refractivity contribution < 1.29 is 27.1 Å². The first kappa shape index (κ1) is 14.8. The van der Waals surface area contributed by atoms with E-state index >= 15 is 0 Å². The van der Waals surface area contributed by atoms with Crippen molar-refractivity contribution >= 4 is 11.9 Å². The lowest BCUT2D eigenvalue weighted by atomic mass is 10.2. The number of aromatic hydroxyl groups is 1. The molecule has 0 aliphatic carbocycles. The number of nitrogens with one attached hydrogen (secondary N) is 1. The largest absolute Gasteiger partial charge is 0.508 e. The van der Waals surface area contributed by atoms with Crippen LogP contribution in [0.25, 0.3) is 0 Å². The Morgan fingerprint density at radius 1 is 0.810 bits per heavy atom. The third kappa shape index (κ3) is 2.93. The second-order valence-corrected chi connectivity index (χ2v) is 3.91. The van der Waals surface area contributed by atoms with Crippen LogP contribution in [0.15, 0.2) is 29.4 Å². The molecule has 0 aliphatic rings. The predicted octanol–water partition coefficient (Wildman–Crippen LogP) is 3.53. The number of phenols is 1. The highest BCUT2D eigenvalue weighted by Crippen LogP contribution is 2.26. The summed E-state index contributed by atoms with van der Waals surface area (Å²) >= 11 is 0. The Hall–Kier alpha value is -2.64. The van der Waals surface area contributed by atoms with Crippen LogP contribution in [-0.2, 0) is 0 Å². The number of hydrazone groups is 1. The van der Waals surface area contributed by atoms with Gasteiger partial charge < -0.3 is 5.11 Å². The topological polar surface area (TPSA) is 44.6 Å². The van der Waals surface area contributed by atoms with E-state index in [-0.39, 0.29) is 5.75 Å². The minimum absolute atomic E-state index is 0.000116. The van der Waals surface area contributed by atoms with E-state index < -0.39 is 34.8 Å². The number of benzene rings is 2. The van der Waals surface area contributed by atoms with E-state index in [1.807, 2.05) is 0 Å². The van der Waals surface area contributed by atoms with E-state index in [0.29, 0.717) is 5.56 Å². The molecule has 0 fully saturated rings. The molecule has 0 radical (unpaired) electrons. The first-order chi connectivity index (χ1) is 9.91. The summed E-state index contributed by atoms with van der Waals surface area (Å²) in [5, 5.41) is 12.4. The minimum Gasteiger partial charge on any atom is -0.508 e. The van der Waals surface area contributed by atoms with Gasteiger partial charge in [-0.15, -0.1) is 0 Å². The lowest BCUT2D eigenvalue weighted by Gasteiger charge is -2.06. The van der Waals surface area contributed by atoms with Crippen LogP contribution in [-0.4, -0.2) is 11.3 Å². The Morgan fingerprint density at radius 2 is 1.29 bits per heavy atom. The molecular formula is C13H7F5N2O. The average molecular weight is 302 g/mol. The van der Waals surface area contributed by atoms with Crippen LogP contribution in [0.1, 0.15) is 5.56 Å². The van der Waals surface area contributed by atoms with Gasteiger partial charge in [0.05, 0.1) is 6.21 Å². The van der Waals surface area contributed by atoms with Crippen LogP contribution in [0.2, 0.25) is 0 Å². The second kappa shape index (κ2) is 5.78. The van der Waals surface area contributed by atoms with Crippen molar-refractivity contribution in [3.8, 4) is 5.75 Å². The van der Waals surface area contributed by atoms with E-state index in [2.05, 4.69) is 5.10 Å². The normalized spacial score (nSPS) is 11.1. The Balaban J connectivity index is 2.26. The predicted molar refractivity (Wildman–Crippen MR) is 65.6 cm³/mol. The molecule has 0 heterocycles. The molecule has 2 aromatic carbocycles. The molecule has 0 spiro atoms. The molecule has 2 aromatic rings. The fourth-order valence-corrected chi connectivity index (χ4v) is 1.43. The Labute approximate surface area is 115 Å². The molecule has 0 aliphatic heterocycles. The van der Waals surface area contributed by atoms with Crippen molar-refractivity contribution in [1.29, 1.82) is 0 Å². The Morgan fingerprint density at radius 3 is 1.81 bits per heavy atom. The smallest absolute Gasteiger partial charge is 0.200 e. The molecule has 2 rings (SSSR count). The molecule has 0 saturated heterocycles. The van der Waals surface area contributed by atoms with Crippen LogP contribution in [0.4, 0.5) is 27.6 Å². The van der Waals surface area contributed by atoms with Gasteiger partial charge in [0, 0.05) is 0 Å². The zero-order chi connectivity index (χ0) is 15.6. The molecule has 0 amide bonds. The number of hydrogen-bond donors (Lipinski definition) is 2. The van der Waals surface area contributed by atoms with Gasteiger partial charge in [0.2, 0.25) is 5.82 Å². The van der Waals surface area contributed by atoms with Crippen LogP contribution in [0, 0.1) is 29.1 Å². The molecule has 0 saturated carbocycles. The number of rotatable bonds is 3. The monoisotopic (exact) mass is 302 g/mol. The SMILES string of the molecule is Oc1ccc(/C=N/Nc2c(F)c(F)c(F)c(F)c2F)cc1. The van der Waals surface area contributed by atoms with E-state index in [1.165, 1.54) is 24.3 Å². The molecule has 3 nitrogen and oxygen atoms in total. The maximum Gasteiger partial charge on any atom is 0.200 e. The van der Waals surface area contributed by atoms with Gasteiger partial charge in [-0.1, -0.05) is 0 Å². The van der Waals surface area contributed by atoms with Gasteiger partial charge in [-0.25, -0.2) is 22.0 Å². The quantitative estimate of drug-likeness (QED) is 0.299. The number of halogens is 5. The highest BCUT2D eigenvalue weighted by molar-refractivity contribution is 5.80. The molecule has 2 N–H and O–H groups in total. The lowest BCUT2D eigenvalue weighted by Crippen LogP contribution is -2.06. The Bertz CT molecular complexity index is 672. The fraction of sp³-hybridized carbons (Fsp3) is 0.